The van der Waals surface area contributed by atoms with Crippen molar-refractivity contribution in [3.8, 4) is 5.75 Å². The number of nitrogens with one attached hydrogen (secondary N) is 1. The molecule has 1 saturated carbocycles. The fourth-order valence-electron chi connectivity index (χ4n) is 8.36. The zero-order chi connectivity index (χ0) is 29.5. The van der Waals surface area contributed by atoms with Crippen LogP contribution in [0.4, 0.5) is 0 Å². The van der Waals surface area contributed by atoms with Crippen LogP contribution in [0.1, 0.15) is 109 Å². The molecule has 4 bridgehead atoms. The molecule has 2 aromatic rings. The lowest BCUT2D eigenvalue weighted by Gasteiger charge is -2.58. The van der Waals surface area contributed by atoms with Crippen molar-refractivity contribution < 1.29 is 23.8 Å². The first kappa shape index (κ1) is 30.9. The van der Waals surface area contributed by atoms with Crippen molar-refractivity contribution in [1.82, 2.24) is 9.88 Å². The number of carbonyl (C=O) groups excluding carboxylic acids is 2. The quantitative estimate of drug-likeness (QED) is 0.169. The van der Waals surface area contributed by atoms with Gasteiger partial charge in [0.25, 0.3) is 0 Å². The van der Waals surface area contributed by atoms with Gasteiger partial charge in [-0.25, -0.2) is 0 Å². The molecule has 3 fully saturated rings. The van der Waals surface area contributed by atoms with Gasteiger partial charge in [-0.1, -0.05) is 58.3 Å². The molecule has 5 atom stereocenters. The molecule has 2 saturated heterocycles. The Labute approximate surface area is 252 Å². The minimum atomic E-state index is -0.736. The van der Waals surface area contributed by atoms with Crippen molar-refractivity contribution in [2.75, 3.05) is 33.4 Å². The number of fused-ring (bicyclic) bond motifs is 4. The first-order valence-corrected chi connectivity index (χ1v) is 16.8. The van der Waals surface area contributed by atoms with E-state index in [0.29, 0.717) is 25.6 Å². The molecular formula is C35H52N2O5. The van der Waals surface area contributed by atoms with Crippen LogP contribution in [0.3, 0.4) is 0 Å². The van der Waals surface area contributed by atoms with E-state index in [9.17, 15) is 9.59 Å². The van der Waals surface area contributed by atoms with Crippen LogP contribution in [0.25, 0.3) is 10.9 Å². The smallest absolute Gasteiger partial charge is 0.319 e. The Bertz CT molecular complexity index is 1210. The van der Waals surface area contributed by atoms with Gasteiger partial charge in [0.2, 0.25) is 0 Å². The molecule has 0 amide bonds. The first-order chi connectivity index (χ1) is 20.5. The maximum atomic E-state index is 14.0. The summed E-state index contributed by atoms with van der Waals surface area (Å²) in [7, 11) is 1.69. The highest BCUT2D eigenvalue weighted by Crippen LogP contribution is 2.55. The number of aromatic amines is 1. The van der Waals surface area contributed by atoms with Crippen molar-refractivity contribution >= 4 is 22.8 Å². The topological polar surface area (TPSA) is 80.9 Å². The monoisotopic (exact) mass is 580 g/mol. The first-order valence-electron chi connectivity index (χ1n) is 16.8. The summed E-state index contributed by atoms with van der Waals surface area (Å²) >= 11 is 0. The minimum absolute atomic E-state index is 0.0359. The summed E-state index contributed by atoms with van der Waals surface area (Å²) in [5.74, 6) is 1.32. The third-order valence-corrected chi connectivity index (χ3v) is 10.2. The number of methoxy groups -OCH3 is 1. The van der Waals surface area contributed by atoms with Crippen molar-refractivity contribution in [3.63, 3.8) is 0 Å². The highest BCUT2D eigenvalue weighted by atomic mass is 16.5. The van der Waals surface area contributed by atoms with E-state index in [1.54, 1.807) is 7.11 Å². The molecule has 232 valence electrons. The summed E-state index contributed by atoms with van der Waals surface area (Å²) in [6.45, 7) is 6.86. The molecule has 4 heterocycles. The van der Waals surface area contributed by atoms with Gasteiger partial charge < -0.3 is 19.2 Å². The van der Waals surface area contributed by atoms with E-state index in [4.69, 9.17) is 14.2 Å². The van der Waals surface area contributed by atoms with Gasteiger partial charge in [-0.3, -0.25) is 14.5 Å². The van der Waals surface area contributed by atoms with Crippen LogP contribution >= 0.6 is 0 Å². The molecule has 1 aromatic carbocycles. The van der Waals surface area contributed by atoms with Gasteiger partial charge in [-0.2, -0.15) is 0 Å². The van der Waals surface area contributed by atoms with Gasteiger partial charge in [-0.05, 0) is 74.6 Å². The lowest BCUT2D eigenvalue weighted by Crippen LogP contribution is -2.67. The summed E-state index contributed by atoms with van der Waals surface area (Å²) < 4.78 is 17.2. The van der Waals surface area contributed by atoms with Crippen LogP contribution in [0.5, 0.6) is 5.75 Å². The minimum Gasteiger partial charge on any atom is -0.497 e. The number of hydrogen-bond donors (Lipinski definition) is 1. The Morgan fingerprint density at radius 2 is 1.79 bits per heavy atom. The Morgan fingerprint density at radius 1 is 1.02 bits per heavy atom. The number of H-pyrrole nitrogens is 1. The Balaban J connectivity index is 1.23. The molecule has 4 aliphatic rings. The van der Waals surface area contributed by atoms with Gasteiger partial charge in [0.05, 0.1) is 20.3 Å². The van der Waals surface area contributed by atoms with Gasteiger partial charge >= 0.3 is 11.9 Å². The van der Waals surface area contributed by atoms with Gasteiger partial charge in [0.1, 0.15) is 11.2 Å². The number of ether oxygens (including phenoxy) is 3. The number of carbonyl (C=O) groups is 2. The number of unbranched alkanes of at least 4 members (excludes halogenated alkanes) is 8. The number of piperidine rings is 2. The summed E-state index contributed by atoms with van der Waals surface area (Å²) in [6, 6.07) is 6.16. The van der Waals surface area contributed by atoms with Crippen LogP contribution in [0, 0.1) is 11.8 Å². The molecule has 0 radical (unpaired) electrons. The maximum absolute atomic E-state index is 14.0. The van der Waals surface area contributed by atoms with Gasteiger partial charge in [0, 0.05) is 42.1 Å². The molecule has 1 aromatic heterocycles. The second-order valence-electron chi connectivity index (χ2n) is 12.9. The average molecular weight is 581 g/mol. The summed E-state index contributed by atoms with van der Waals surface area (Å²) in [4.78, 5) is 32.8. The second kappa shape index (κ2) is 14.3. The molecule has 7 nitrogen and oxygen atoms in total. The zero-order valence-corrected chi connectivity index (χ0v) is 26.2. The van der Waals surface area contributed by atoms with E-state index < -0.39 is 5.41 Å². The highest BCUT2D eigenvalue weighted by Gasteiger charge is 2.63. The van der Waals surface area contributed by atoms with Gasteiger partial charge in [0.15, 0.2) is 0 Å². The summed E-state index contributed by atoms with van der Waals surface area (Å²) in [5, 5.41) is 1.14. The molecule has 6 rings (SSSR count). The van der Waals surface area contributed by atoms with E-state index >= 15 is 0 Å². The number of aromatic nitrogens is 1. The van der Waals surface area contributed by atoms with Crippen molar-refractivity contribution in [1.29, 1.82) is 0 Å². The molecule has 3 aliphatic heterocycles. The Morgan fingerprint density at radius 3 is 2.52 bits per heavy atom. The van der Waals surface area contributed by atoms with Crippen molar-refractivity contribution in [2.24, 2.45) is 11.8 Å². The molecule has 1 N–H and O–H groups in total. The molecule has 1 aliphatic carbocycles. The second-order valence-corrected chi connectivity index (χ2v) is 12.9. The van der Waals surface area contributed by atoms with Crippen LogP contribution < -0.4 is 4.74 Å². The average Bonchev–Trinajstić information content (AvgIpc) is 3.32. The summed E-state index contributed by atoms with van der Waals surface area (Å²) in [6.07, 6.45) is 15.2. The summed E-state index contributed by atoms with van der Waals surface area (Å²) in [5.41, 5.74) is 2.56. The van der Waals surface area contributed by atoms with Crippen molar-refractivity contribution in [3.05, 3.63) is 29.5 Å². The van der Waals surface area contributed by atoms with Crippen LogP contribution in [-0.2, 0) is 30.9 Å². The van der Waals surface area contributed by atoms with E-state index in [0.717, 1.165) is 74.0 Å². The lowest BCUT2D eigenvalue weighted by molar-refractivity contribution is -0.166. The Hall–Kier alpha value is -2.54. The number of nitrogens with zero attached hydrogens (tertiary/aromatic N) is 1. The third kappa shape index (κ3) is 6.36. The highest BCUT2D eigenvalue weighted by molar-refractivity contribution is 5.92. The molecule has 7 heteroatoms. The predicted octanol–water partition coefficient (Wildman–Crippen LogP) is 7.10. The number of benzene rings is 1. The normalized spacial score (nSPS) is 26.1. The standard InChI is InChI=1S/C35H52N2O5/c1-4-6-7-8-9-10-11-12-13-14-31(38)42-20-18-26-21-25-23-35(34(39)41-5-2)32-28(17-19-37(24-25)33(26)35)29-22-27(40-3)15-16-30(29)36-32/h15-16,22,25-26,33,36H,4-14,17-21,23-24H2,1-3H3/t25-,26+,33+,35-/m1/s1. The predicted molar refractivity (Wildman–Crippen MR) is 166 cm³/mol. The fourth-order valence-corrected chi connectivity index (χ4v) is 8.36. The molecule has 42 heavy (non-hydrogen) atoms. The van der Waals surface area contributed by atoms with Crippen LogP contribution in [-0.4, -0.2) is 61.3 Å². The maximum Gasteiger partial charge on any atom is 0.319 e. The van der Waals surface area contributed by atoms with Crippen molar-refractivity contribution in [2.45, 2.75) is 115 Å². The Kier molecular flexibility index (Phi) is 10.5. The lowest BCUT2D eigenvalue weighted by atomic mass is 9.56. The molecular weight excluding hydrogens is 528 g/mol. The van der Waals surface area contributed by atoms with E-state index in [-0.39, 0.29) is 23.9 Å². The number of hydrogen-bond acceptors (Lipinski definition) is 6. The van der Waals surface area contributed by atoms with Gasteiger partial charge in [-0.15, -0.1) is 0 Å². The zero-order valence-electron chi connectivity index (χ0n) is 26.2. The largest absolute Gasteiger partial charge is 0.497 e. The SMILES string of the molecule is CCCCCCCCCCCC(=O)OCC[C@H]1C[C@H]2CN3CCc4c([nH]c5ccc(OC)cc45)[C@](C(=O)OCC)(C2)[C@H]13. The molecule has 1 unspecified atom stereocenters. The van der Waals surface area contributed by atoms with E-state index in [1.165, 1.54) is 50.5 Å². The van der Waals surface area contributed by atoms with Crippen LogP contribution in [0.15, 0.2) is 18.2 Å². The van der Waals surface area contributed by atoms with E-state index in [2.05, 4.69) is 28.9 Å². The van der Waals surface area contributed by atoms with Crippen LogP contribution in [0.2, 0.25) is 0 Å². The third-order valence-electron chi connectivity index (χ3n) is 10.2. The molecule has 0 spiro atoms. The number of rotatable bonds is 16. The fraction of sp³-hybridized carbons (Fsp3) is 0.714. The van der Waals surface area contributed by atoms with E-state index in [1.807, 2.05) is 13.0 Å². The number of esters is 2.